The Kier molecular flexibility index (Phi) is 4.52. The molecule has 0 bridgehead atoms. The highest BCUT2D eigenvalue weighted by Gasteiger charge is 2.27. The van der Waals surface area contributed by atoms with Gasteiger partial charge in [-0.3, -0.25) is 0 Å². The molecule has 0 radical (unpaired) electrons. The number of hydrogen-bond acceptors (Lipinski definition) is 0. The largest absolute Gasteiger partial charge is 0.393 e. The fourth-order valence-corrected chi connectivity index (χ4v) is 0.662. The number of rotatable bonds is 3. The molecule has 0 aliphatic heterocycles. The van der Waals surface area contributed by atoms with Crippen molar-refractivity contribution < 1.29 is 13.2 Å². The second-order valence-electron chi connectivity index (χ2n) is 2.82. The fourth-order valence-electron chi connectivity index (χ4n) is 0.662. The number of hydrogen-bond donors (Lipinski definition) is 0. The zero-order chi connectivity index (χ0) is 10.5. The van der Waals surface area contributed by atoms with Gasteiger partial charge in [-0.15, -0.1) is 0 Å². The van der Waals surface area contributed by atoms with Gasteiger partial charge in [-0.25, -0.2) is 0 Å². The third-order valence-electron chi connectivity index (χ3n) is 1.46. The maximum atomic E-state index is 11.8. The van der Waals surface area contributed by atoms with Gasteiger partial charge >= 0.3 is 6.18 Å². The van der Waals surface area contributed by atoms with Gasteiger partial charge in [0.25, 0.3) is 0 Å². The van der Waals surface area contributed by atoms with Gasteiger partial charge in [-0.05, 0) is 19.4 Å². The molecule has 0 amide bonds. The summed E-state index contributed by atoms with van der Waals surface area (Å²) in [5.41, 5.74) is 0.997. The first-order valence-corrected chi connectivity index (χ1v) is 3.90. The van der Waals surface area contributed by atoms with Crippen LogP contribution in [-0.2, 0) is 0 Å². The van der Waals surface area contributed by atoms with Crippen LogP contribution in [0.3, 0.4) is 0 Å². The van der Waals surface area contributed by atoms with Crippen LogP contribution in [0, 0.1) is 0 Å². The van der Waals surface area contributed by atoms with Crippen LogP contribution in [0.4, 0.5) is 13.2 Å². The minimum atomic E-state index is -4.16. The van der Waals surface area contributed by atoms with Crippen LogP contribution in [-0.4, -0.2) is 6.18 Å². The van der Waals surface area contributed by atoms with E-state index in [1.54, 1.807) is 6.08 Å². The Morgan fingerprint density at radius 2 is 1.85 bits per heavy atom. The van der Waals surface area contributed by atoms with E-state index in [-0.39, 0.29) is 5.57 Å². The molecule has 0 aliphatic carbocycles. The van der Waals surface area contributed by atoms with E-state index in [1.165, 1.54) is 6.08 Å². The van der Waals surface area contributed by atoms with Crippen molar-refractivity contribution in [3.63, 3.8) is 0 Å². The van der Waals surface area contributed by atoms with Gasteiger partial charge in [0.05, 0.1) is 6.42 Å². The molecule has 0 aliphatic rings. The van der Waals surface area contributed by atoms with Crippen molar-refractivity contribution in [2.24, 2.45) is 0 Å². The molecular weight excluding hydrogens is 177 g/mol. The summed E-state index contributed by atoms with van der Waals surface area (Å²) < 4.78 is 35.4. The normalized spacial score (nSPS) is 13.8. The summed E-state index contributed by atoms with van der Waals surface area (Å²) >= 11 is 0. The monoisotopic (exact) mass is 190 g/mol. The zero-order valence-corrected chi connectivity index (χ0v) is 7.78. The van der Waals surface area contributed by atoms with Crippen LogP contribution in [0.15, 0.2) is 36.0 Å². The molecule has 0 spiro atoms. The van der Waals surface area contributed by atoms with E-state index in [1.807, 2.05) is 19.9 Å². The molecule has 0 aromatic carbocycles. The van der Waals surface area contributed by atoms with Gasteiger partial charge in [0, 0.05) is 0 Å². The molecule has 0 heterocycles. The predicted molar refractivity (Wildman–Crippen MR) is 48.4 cm³/mol. The summed E-state index contributed by atoms with van der Waals surface area (Å²) in [6, 6.07) is 0. The first-order chi connectivity index (χ1) is 5.85. The maximum Gasteiger partial charge on any atom is 0.393 e. The molecule has 0 saturated heterocycles. The average Bonchev–Trinajstić information content (AvgIpc) is 1.97. The highest BCUT2D eigenvalue weighted by molar-refractivity contribution is 5.24. The summed E-state index contributed by atoms with van der Waals surface area (Å²) in [4.78, 5) is 0. The molecule has 0 nitrogen and oxygen atoms in total. The van der Waals surface area contributed by atoms with Gasteiger partial charge < -0.3 is 0 Å². The minimum Gasteiger partial charge on any atom is -0.171 e. The third-order valence-corrected chi connectivity index (χ3v) is 1.46. The fraction of sp³-hybridized carbons (Fsp3) is 0.400. The van der Waals surface area contributed by atoms with Crippen molar-refractivity contribution in [2.45, 2.75) is 26.4 Å². The van der Waals surface area contributed by atoms with Crippen molar-refractivity contribution in [1.82, 2.24) is 0 Å². The molecule has 0 aromatic heterocycles. The van der Waals surface area contributed by atoms with Gasteiger partial charge in [-0.1, -0.05) is 30.4 Å². The smallest absolute Gasteiger partial charge is 0.171 e. The quantitative estimate of drug-likeness (QED) is 0.589. The van der Waals surface area contributed by atoms with Crippen molar-refractivity contribution in [3.8, 4) is 0 Å². The van der Waals surface area contributed by atoms with Crippen LogP contribution in [0.1, 0.15) is 20.3 Å². The van der Waals surface area contributed by atoms with E-state index in [0.717, 1.165) is 5.57 Å². The lowest BCUT2D eigenvalue weighted by atomic mass is 10.1. The van der Waals surface area contributed by atoms with Crippen LogP contribution in [0.25, 0.3) is 0 Å². The Balaban J connectivity index is 4.10. The lowest BCUT2D eigenvalue weighted by Crippen LogP contribution is -2.06. The van der Waals surface area contributed by atoms with Crippen LogP contribution >= 0.6 is 0 Å². The van der Waals surface area contributed by atoms with Crippen LogP contribution < -0.4 is 0 Å². The van der Waals surface area contributed by atoms with Gasteiger partial charge in [0.2, 0.25) is 0 Å². The molecule has 0 rings (SSSR count). The Labute approximate surface area is 76.5 Å². The lowest BCUT2D eigenvalue weighted by Gasteiger charge is -2.04. The summed E-state index contributed by atoms with van der Waals surface area (Å²) in [7, 11) is 0. The highest BCUT2D eigenvalue weighted by Crippen LogP contribution is 2.24. The van der Waals surface area contributed by atoms with Crippen molar-refractivity contribution in [2.75, 3.05) is 0 Å². The van der Waals surface area contributed by atoms with Gasteiger partial charge in [0.1, 0.15) is 0 Å². The molecule has 13 heavy (non-hydrogen) atoms. The molecule has 3 heteroatoms. The minimum absolute atomic E-state index is 0.0775. The highest BCUT2D eigenvalue weighted by atomic mass is 19.4. The maximum absolute atomic E-state index is 11.8. The Hall–Kier alpha value is -0.990. The Morgan fingerprint density at radius 3 is 2.23 bits per heavy atom. The summed E-state index contributed by atoms with van der Waals surface area (Å²) in [5.74, 6) is 0. The molecule has 0 fully saturated rings. The summed E-state index contributed by atoms with van der Waals surface area (Å²) in [6.07, 6.45) is -0.278. The molecule has 0 atom stereocenters. The molecule has 0 saturated carbocycles. The zero-order valence-electron chi connectivity index (χ0n) is 7.78. The van der Waals surface area contributed by atoms with E-state index < -0.39 is 12.6 Å². The van der Waals surface area contributed by atoms with Gasteiger partial charge in [0.15, 0.2) is 0 Å². The lowest BCUT2D eigenvalue weighted by molar-refractivity contribution is -0.126. The number of halogens is 3. The summed E-state index contributed by atoms with van der Waals surface area (Å²) in [6.45, 7) is 6.95. The van der Waals surface area contributed by atoms with Gasteiger partial charge in [-0.2, -0.15) is 13.2 Å². The van der Waals surface area contributed by atoms with E-state index in [0.29, 0.717) is 0 Å². The van der Waals surface area contributed by atoms with Crippen molar-refractivity contribution in [1.29, 1.82) is 0 Å². The first kappa shape index (κ1) is 12.0. The number of alkyl halides is 3. The van der Waals surface area contributed by atoms with E-state index >= 15 is 0 Å². The van der Waals surface area contributed by atoms with E-state index in [9.17, 15) is 13.2 Å². The van der Waals surface area contributed by atoms with E-state index in [4.69, 9.17) is 0 Å². The topological polar surface area (TPSA) is 0 Å². The second kappa shape index (κ2) is 4.90. The SMILES string of the molecule is C=C(/C=C\C(C)=C/C)CC(F)(F)F. The van der Waals surface area contributed by atoms with Crippen molar-refractivity contribution in [3.05, 3.63) is 36.0 Å². The first-order valence-electron chi connectivity index (χ1n) is 3.90. The Bertz CT molecular complexity index is 231. The van der Waals surface area contributed by atoms with Crippen LogP contribution in [0.5, 0.6) is 0 Å². The van der Waals surface area contributed by atoms with E-state index in [2.05, 4.69) is 6.58 Å². The third kappa shape index (κ3) is 7.37. The molecular formula is C10H13F3. The standard InChI is InChI=1S/C10H13F3/c1-4-8(2)5-6-9(3)7-10(11,12)13/h4-6H,3,7H2,1-2H3/b6-5-,8-4-. The molecule has 74 valence electrons. The Morgan fingerprint density at radius 1 is 1.31 bits per heavy atom. The predicted octanol–water partition coefficient (Wildman–Crippen LogP) is 4.02. The van der Waals surface area contributed by atoms with Crippen LogP contribution in [0.2, 0.25) is 0 Å². The molecule has 0 unspecified atom stereocenters. The second-order valence-corrected chi connectivity index (χ2v) is 2.82. The molecule has 0 N–H and O–H groups in total. The average molecular weight is 190 g/mol. The molecule has 0 aromatic rings. The number of allylic oxidation sites excluding steroid dienone is 5. The summed E-state index contributed by atoms with van der Waals surface area (Å²) in [5, 5.41) is 0. The van der Waals surface area contributed by atoms with Crippen molar-refractivity contribution >= 4 is 0 Å².